The molecule has 2 aromatic carbocycles. The van der Waals surface area contributed by atoms with Gasteiger partial charge >= 0.3 is 0 Å². The molecule has 3 N–H and O–H groups in total. The highest BCUT2D eigenvalue weighted by atomic mass is 35.5. The Bertz CT molecular complexity index is 651. The van der Waals surface area contributed by atoms with Crippen LogP contribution in [0.15, 0.2) is 54.6 Å². The number of amides is 1. The van der Waals surface area contributed by atoms with Crippen LogP contribution in [-0.4, -0.2) is 12.5 Å². The third-order valence-electron chi connectivity index (χ3n) is 4.86. The molecule has 0 heterocycles. The Labute approximate surface area is 150 Å². The number of halogens is 1. The van der Waals surface area contributed by atoms with Gasteiger partial charge in [0, 0.05) is 12.2 Å². The van der Waals surface area contributed by atoms with E-state index >= 15 is 0 Å². The molecule has 24 heavy (non-hydrogen) atoms. The van der Waals surface area contributed by atoms with Crippen molar-refractivity contribution in [1.29, 1.82) is 0 Å². The lowest BCUT2D eigenvalue weighted by atomic mass is 9.64. The summed E-state index contributed by atoms with van der Waals surface area (Å²) in [6.45, 7) is 0.680. The predicted molar refractivity (Wildman–Crippen MR) is 101 cm³/mol. The van der Waals surface area contributed by atoms with E-state index in [0.29, 0.717) is 6.54 Å². The summed E-state index contributed by atoms with van der Waals surface area (Å²) < 4.78 is 0. The van der Waals surface area contributed by atoms with Crippen molar-refractivity contribution < 1.29 is 4.79 Å². The number of carbonyl (C=O) groups excluding carboxylic acids is 1. The topological polar surface area (TPSA) is 55.1 Å². The van der Waals surface area contributed by atoms with Crippen molar-refractivity contribution in [2.75, 3.05) is 12.3 Å². The van der Waals surface area contributed by atoms with E-state index in [-0.39, 0.29) is 23.7 Å². The summed E-state index contributed by atoms with van der Waals surface area (Å²) in [7, 11) is 0. The molecule has 3 nitrogen and oxygen atoms in total. The van der Waals surface area contributed by atoms with Gasteiger partial charge in [0.1, 0.15) is 0 Å². The average molecular weight is 345 g/mol. The zero-order valence-corrected chi connectivity index (χ0v) is 14.6. The molecule has 1 aliphatic carbocycles. The molecule has 0 spiro atoms. The van der Waals surface area contributed by atoms with Gasteiger partial charge in [-0.3, -0.25) is 4.79 Å². The van der Waals surface area contributed by atoms with Crippen LogP contribution in [0.2, 0.25) is 0 Å². The summed E-state index contributed by atoms with van der Waals surface area (Å²) in [4.78, 5) is 12.7. The monoisotopic (exact) mass is 344 g/mol. The Morgan fingerprint density at radius 1 is 1.00 bits per heavy atom. The van der Waals surface area contributed by atoms with Gasteiger partial charge in [0.25, 0.3) is 0 Å². The lowest BCUT2D eigenvalue weighted by molar-refractivity contribution is -0.135. The van der Waals surface area contributed by atoms with Gasteiger partial charge < -0.3 is 11.1 Å². The molecule has 1 saturated carbocycles. The second-order valence-electron chi connectivity index (χ2n) is 6.54. The van der Waals surface area contributed by atoms with Crippen molar-refractivity contribution in [2.45, 2.75) is 32.1 Å². The molecule has 0 atom stereocenters. The molecule has 0 bridgehead atoms. The Hall–Kier alpha value is -2.00. The fourth-order valence-corrected chi connectivity index (χ4v) is 3.27. The van der Waals surface area contributed by atoms with E-state index in [9.17, 15) is 4.79 Å². The first kappa shape index (κ1) is 18.3. The highest BCUT2D eigenvalue weighted by molar-refractivity contribution is 5.85. The van der Waals surface area contributed by atoms with Crippen molar-refractivity contribution in [3.63, 3.8) is 0 Å². The van der Waals surface area contributed by atoms with Crippen LogP contribution in [-0.2, 0) is 17.6 Å². The summed E-state index contributed by atoms with van der Waals surface area (Å²) in [5.74, 6) is 0.211. The molecule has 0 radical (unpaired) electrons. The molecule has 128 valence electrons. The van der Waals surface area contributed by atoms with Crippen molar-refractivity contribution in [3.8, 4) is 0 Å². The molecule has 0 saturated heterocycles. The standard InChI is InChI=1S/C20H24N2O.ClH/c21-18-9-7-16(8-10-18)11-14-22-19(23)20(12-4-13-20)15-17-5-2-1-3-6-17;/h1-3,5-10H,4,11-15,21H2,(H,22,23);1H. The average Bonchev–Trinajstić information content (AvgIpc) is 2.53. The van der Waals surface area contributed by atoms with Gasteiger partial charge in [0.2, 0.25) is 5.91 Å². The summed E-state index contributed by atoms with van der Waals surface area (Å²) in [6.07, 6.45) is 4.83. The minimum Gasteiger partial charge on any atom is -0.399 e. The maximum absolute atomic E-state index is 12.7. The molecule has 1 aliphatic rings. The van der Waals surface area contributed by atoms with Gasteiger partial charge in [-0.05, 0) is 48.9 Å². The SMILES string of the molecule is Cl.Nc1ccc(CCNC(=O)C2(Cc3ccccc3)CCC2)cc1. The Balaban J connectivity index is 0.00000208. The van der Waals surface area contributed by atoms with Gasteiger partial charge in [-0.15, -0.1) is 12.4 Å². The van der Waals surface area contributed by atoms with E-state index in [0.717, 1.165) is 37.8 Å². The lowest BCUT2D eigenvalue weighted by Crippen LogP contribution is -2.47. The second-order valence-corrected chi connectivity index (χ2v) is 6.54. The number of benzene rings is 2. The lowest BCUT2D eigenvalue weighted by Gasteiger charge is -2.40. The first-order valence-electron chi connectivity index (χ1n) is 8.35. The first-order valence-corrected chi connectivity index (χ1v) is 8.35. The van der Waals surface area contributed by atoms with Gasteiger partial charge in [-0.2, -0.15) is 0 Å². The van der Waals surface area contributed by atoms with Crippen LogP contribution < -0.4 is 11.1 Å². The third kappa shape index (κ3) is 4.30. The molecule has 0 unspecified atom stereocenters. The number of anilines is 1. The third-order valence-corrected chi connectivity index (χ3v) is 4.86. The Morgan fingerprint density at radius 3 is 2.25 bits per heavy atom. The zero-order valence-electron chi connectivity index (χ0n) is 13.8. The predicted octanol–water partition coefficient (Wildman–Crippen LogP) is 3.76. The van der Waals surface area contributed by atoms with Crippen LogP contribution in [0.1, 0.15) is 30.4 Å². The van der Waals surface area contributed by atoms with Crippen LogP contribution >= 0.6 is 12.4 Å². The largest absolute Gasteiger partial charge is 0.399 e. The van der Waals surface area contributed by atoms with E-state index in [1.54, 1.807) is 0 Å². The molecular weight excluding hydrogens is 320 g/mol. The number of nitrogen functional groups attached to an aromatic ring is 1. The van der Waals surface area contributed by atoms with Gasteiger partial charge in [-0.25, -0.2) is 0 Å². The number of nitrogens with one attached hydrogen (secondary N) is 1. The molecule has 1 amide bonds. The summed E-state index contributed by atoms with van der Waals surface area (Å²) in [6, 6.07) is 18.2. The van der Waals surface area contributed by atoms with E-state index in [4.69, 9.17) is 5.73 Å². The van der Waals surface area contributed by atoms with Crippen LogP contribution in [0.3, 0.4) is 0 Å². The smallest absolute Gasteiger partial charge is 0.226 e. The Kier molecular flexibility index (Phi) is 6.27. The molecule has 2 aromatic rings. The molecule has 3 rings (SSSR count). The maximum atomic E-state index is 12.7. The van der Waals surface area contributed by atoms with E-state index in [1.165, 1.54) is 11.1 Å². The zero-order chi connectivity index (χ0) is 16.1. The minimum atomic E-state index is -0.192. The molecule has 0 aliphatic heterocycles. The van der Waals surface area contributed by atoms with Crippen LogP contribution in [0.25, 0.3) is 0 Å². The van der Waals surface area contributed by atoms with Crippen molar-refractivity contribution >= 4 is 24.0 Å². The first-order chi connectivity index (χ1) is 11.2. The molecule has 1 fully saturated rings. The highest BCUT2D eigenvalue weighted by Gasteiger charge is 2.43. The van der Waals surface area contributed by atoms with Crippen molar-refractivity contribution in [3.05, 3.63) is 65.7 Å². The van der Waals surface area contributed by atoms with Crippen molar-refractivity contribution in [1.82, 2.24) is 5.32 Å². The molecular formula is C20H25ClN2O. The summed E-state index contributed by atoms with van der Waals surface area (Å²) >= 11 is 0. The van der Waals surface area contributed by atoms with Crippen LogP contribution in [0.4, 0.5) is 5.69 Å². The van der Waals surface area contributed by atoms with Gasteiger partial charge in [0.15, 0.2) is 0 Å². The van der Waals surface area contributed by atoms with Gasteiger partial charge in [-0.1, -0.05) is 48.9 Å². The minimum absolute atomic E-state index is 0. The number of hydrogen-bond donors (Lipinski definition) is 2. The van der Waals surface area contributed by atoms with Gasteiger partial charge in [0.05, 0.1) is 5.41 Å². The number of hydrogen-bond acceptors (Lipinski definition) is 2. The number of rotatable bonds is 6. The molecule has 0 aromatic heterocycles. The van der Waals surface area contributed by atoms with E-state index in [2.05, 4.69) is 17.4 Å². The second kappa shape index (κ2) is 8.20. The molecule has 4 heteroatoms. The Morgan fingerprint density at radius 2 is 1.67 bits per heavy atom. The fourth-order valence-electron chi connectivity index (χ4n) is 3.27. The maximum Gasteiger partial charge on any atom is 0.226 e. The normalized spacial score (nSPS) is 15.0. The summed E-state index contributed by atoms with van der Waals surface area (Å²) in [5, 5.41) is 3.14. The van der Waals surface area contributed by atoms with Crippen LogP contribution in [0, 0.1) is 5.41 Å². The van der Waals surface area contributed by atoms with Crippen LogP contribution in [0.5, 0.6) is 0 Å². The number of nitrogens with two attached hydrogens (primary N) is 1. The fraction of sp³-hybridized carbons (Fsp3) is 0.350. The van der Waals surface area contributed by atoms with E-state index in [1.807, 2.05) is 42.5 Å². The van der Waals surface area contributed by atoms with E-state index < -0.39 is 0 Å². The highest BCUT2D eigenvalue weighted by Crippen LogP contribution is 2.43. The summed E-state index contributed by atoms with van der Waals surface area (Å²) in [5.41, 5.74) is 8.72. The quantitative estimate of drug-likeness (QED) is 0.784. The number of carbonyl (C=O) groups is 1. The van der Waals surface area contributed by atoms with Crippen molar-refractivity contribution in [2.24, 2.45) is 5.41 Å².